The number of carbonyl (C=O) groups is 1. The average Bonchev–Trinajstić information content (AvgIpc) is 2.80. The van der Waals surface area contributed by atoms with Crippen molar-refractivity contribution in [1.82, 2.24) is 0 Å². The Labute approximate surface area is 108 Å². The zero-order chi connectivity index (χ0) is 13.0. The highest BCUT2D eigenvalue weighted by atomic mass is 16.8. The zero-order valence-corrected chi connectivity index (χ0v) is 11.0. The van der Waals surface area contributed by atoms with Crippen molar-refractivity contribution < 1.29 is 19.0 Å². The Bertz CT molecular complexity index is 309. The van der Waals surface area contributed by atoms with Gasteiger partial charge in [0.15, 0.2) is 5.79 Å². The SMILES string of the molecule is C=CC(=O)OCC1COC(C)(C2CCCCC2)O1. The second-order valence-electron chi connectivity index (χ2n) is 5.24. The first-order chi connectivity index (χ1) is 8.64. The highest BCUT2D eigenvalue weighted by Gasteiger charge is 2.44. The van der Waals surface area contributed by atoms with Gasteiger partial charge in [-0.05, 0) is 19.8 Å². The summed E-state index contributed by atoms with van der Waals surface area (Å²) < 4.78 is 16.8. The molecule has 0 N–H and O–H groups in total. The van der Waals surface area contributed by atoms with Crippen LogP contribution in [0.1, 0.15) is 39.0 Å². The summed E-state index contributed by atoms with van der Waals surface area (Å²) in [6, 6.07) is 0. The van der Waals surface area contributed by atoms with Gasteiger partial charge in [0.05, 0.1) is 6.61 Å². The Morgan fingerprint density at radius 2 is 2.17 bits per heavy atom. The fraction of sp³-hybridized carbons (Fsp3) is 0.786. The third kappa shape index (κ3) is 3.12. The van der Waals surface area contributed by atoms with Crippen LogP contribution in [-0.2, 0) is 19.0 Å². The van der Waals surface area contributed by atoms with Crippen LogP contribution in [0.2, 0.25) is 0 Å². The first-order valence-corrected chi connectivity index (χ1v) is 6.75. The lowest BCUT2D eigenvalue weighted by atomic mass is 9.84. The molecule has 0 bridgehead atoms. The fourth-order valence-electron chi connectivity index (χ4n) is 2.81. The Balaban J connectivity index is 1.82. The van der Waals surface area contributed by atoms with Gasteiger partial charge in [0.1, 0.15) is 12.7 Å². The molecule has 2 unspecified atom stereocenters. The van der Waals surface area contributed by atoms with Crippen molar-refractivity contribution in [2.24, 2.45) is 5.92 Å². The van der Waals surface area contributed by atoms with Gasteiger partial charge in [-0.2, -0.15) is 0 Å². The van der Waals surface area contributed by atoms with Gasteiger partial charge in [0.25, 0.3) is 0 Å². The molecule has 1 saturated carbocycles. The van der Waals surface area contributed by atoms with E-state index in [-0.39, 0.29) is 12.7 Å². The normalized spacial score (nSPS) is 33.3. The number of hydrogen-bond acceptors (Lipinski definition) is 4. The lowest BCUT2D eigenvalue weighted by Gasteiger charge is -2.35. The van der Waals surface area contributed by atoms with Crippen molar-refractivity contribution >= 4 is 5.97 Å². The van der Waals surface area contributed by atoms with Gasteiger partial charge >= 0.3 is 5.97 Å². The molecule has 2 fully saturated rings. The van der Waals surface area contributed by atoms with Crippen LogP contribution in [0.3, 0.4) is 0 Å². The van der Waals surface area contributed by atoms with Gasteiger partial charge in [-0.25, -0.2) is 4.79 Å². The summed E-state index contributed by atoms with van der Waals surface area (Å²) in [4.78, 5) is 11.0. The minimum atomic E-state index is -0.494. The van der Waals surface area contributed by atoms with E-state index < -0.39 is 11.8 Å². The maximum atomic E-state index is 11.0. The third-order valence-corrected chi connectivity index (χ3v) is 3.88. The topological polar surface area (TPSA) is 44.8 Å². The first kappa shape index (κ1) is 13.6. The Morgan fingerprint density at radius 1 is 1.44 bits per heavy atom. The number of carbonyl (C=O) groups excluding carboxylic acids is 1. The molecule has 0 aromatic carbocycles. The van der Waals surface area contributed by atoms with Crippen LogP contribution in [0.5, 0.6) is 0 Å². The summed E-state index contributed by atoms with van der Waals surface area (Å²) in [6.07, 6.45) is 7.15. The molecule has 0 aromatic rings. The number of ether oxygens (including phenoxy) is 3. The highest BCUT2D eigenvalue weighted by molar-refractivity contribution is 5.81. The monoisotopic (exact) mass is 254 g/mol. The number of rotatable bonds is 4. The summed E-state index contributed by atoms with van der Waals surface area (Å²) in [5.41, 5.74) is 0. The average molecular weight is 254 g/mol. The predicted octanol–water partition coefficient (Wildman–Crippen LogP) is 2.43. The largest absolute Gasteiger partial charge is 0.460 e. The molecular formula is C14H22O4. The molecule has 2 atom stereocenters. The maximum absolute atomic E-state index is 11.0. The number of esters is 1. The van der Waals surface area contributed by atoms with Gasteiger partial charge in [-0.1, -0.05) is 25.8 Å². The molecule has 2 rings (SSSR count). The van der Waals surface area contributed by atoms with Crippen LogP contribution in [0, 0.1) is 5.92 Å². The Kier molecular flexibility index (Phi) is 4.40. The molecule has 1 aliphatic carbocycles. The smallest absolute Gasteiger partial charge is 0.330 e. The van der Waals surface area contributed by atoms with Crippen molar-refractivity contribution in [1.29, 1.82) is 0 Å². The van der Waals surface area contributed by atoms with E-state index in [0.717, 1.165) is 18.9 Å². The van der Waals surface area contributed by atoms with Crippen LogP contribution in [0.4, 0.5) is 0 Å². The molecule has 4 nitrogen and oxygen atoms in total. The molecule has 1 heterocycles. The maximum Gasteiger partial charge on any atom is 0.330 e. The lowest BCUT2D eigenvalue weighted by molar-refractivity contribution is -0.201. The second kappa shape index (κ2) is 5.85. The molecule has 1 saturated heterocycles. The third-order valence-electron chi connectivity index (χ3n) is 3.88. The molecule has 0 amide bonds. The number of hydrogen-bond donors (Lipinski definition) is 0. The van der Waals surface area contributed by atoms with E-state index in [1.54, 1.807) is 0 Å². The van der Waals surface area contributed by atoms with Crippen molar-refractivity contribution in [3.63, 3.8) is 0 Å². The first-order valence-electron chi connectivity index (χ1n) is 6.75. The van der Waals surface area contributed by atoms with Crippen molar-refractivity contribution in [2.75, 3.05) is 13.2 Å². The van der Waals surface area contributed by atoms with Gasteiger partial charge in [0.2, 0.25) is 0 Å². The predicted molar refractivity (Wildman–Crippen MR) is 67.0 cm³/mol. The summed E-state index contributed by atoms with van der Waals surface area (Å²) in [6.45, 7) is 6.11. The van der Waals surface area contributed by atoms with Crippen LogP contribution >= 0.6 is 0 Å². The molecule has 0 spiro atoms. The minimum Gasteiger partial charge on any atom is -0.460 e. The minimum absolute atomic E-state index is 0.152. The summed E-state index contributed by atoms with van der Waals surface area (Å²) in [5, 5.41) is 0. The van der Waals surface area contributed by atoms with Crippen molar-refractivity contribution in [3.05, 3.63) is 12.7 Å². The van der Waals surface area contributed by atoms with E-state index in [9.17, 15) is 4.79 Å². The fourth-order valence-corrected chi connectivity index (χ4v) is 2.81. The molecule has 4 heteroatoms. The molecular weight excluding hydrogens is 232 g/mol. The molecule has 18 heavy (non-hydrogen) atoms. The van der Waals surface area contributed by atoms with E-state index in [0.29, 0.717) is 12.5 Å². The van der Waals surface area contributed by atoms with E-state index >= 15 is 0 Å². The second-order valence-corrected chi connectivity index (χ2v) is 5.24. The quantitative estimate of drug-likeness (QED) is 0.571. The molecule has 1 aliphatic heterocycles. The van der Waals surface area contributed by atoms with Gasteiger partial charge in [0, 0.05) is 12.0 Å². The van der Waals surface area contributed by atoms with E-state index in [4.69, 9.17) is 14.2 Å². The zero-order valence-electron chi connectivity index (χ0n) is 11.0. The van der Waals surface area contributed by atoms with Gasteiger partial charge in [-0.3, -0.25) is 0 Å². The van der Waals surface area contributed by atoms with Crippen LogP contribution in [-0.4, -0.2) is 31.1 Å². The molecule has 0 radical (unpaired) electrons. The lowest BCUT2D eigenvalue weighted by Crippen LogP contribution is -2.38. The van der Waals surface area contributed by atoms with Crippen LogP contribution in [0.15, 0.2) is 12.7 Å². The van der Waals surface area contributed by atoms with Gasteiger partial charge in [-0.15, -0.1) is 0 Å². The Morgan fingerprint density at radius 3 is 2.83 bits per heavy atom. The van der Waals surface area contributed by atoms with Crippen LogP contribution < -0.4 is 0 Å². The van der Waals surface area contributed by atoms with E-state index in [1.807, 2.05) is 6.92 Å². The Hall–Kier alpha value is -0.870. The molecule has 102 valence electrons. The standard InChI is InChI=1S/C14H22O4/c1-3-13(15)16-9-12-10-17-14(2,18-12)11-7-5-4-6-8-11/h3,11-12H,1,4-10H2,2H3. The highest BCUT2D eigenvalue weighted by Crippen LogP contribution is 2.39. The van der Waals surface area contributed by atoms with E-state index in [2.05, 4.69) is 6.58 Å². The van der Waals surface area contributed by atoms with Crippen molar-refractivity contribution in [3.8, 4) is 0 Å². The molecule has 2 aliphatic rings. The van der Waals surface area contributed by atoms with Crippen LogP contribution in [0.25, 0.3) is 0 Å². The summed E-state index contributed by atoms with van der Waals surface area (Å²) in [5.74, 6) is -0.442. The summed E-state index contributed by atoms with van der Waals surface area (Å²) >= 11 is 0. The summed E-state index contributed by atoms with van der Waals surface area (Å²) in [7, 11) is 0. The molecule has 0 aromatic heterocycles. The van der Waals surface area contributed by atoms with E-state index in [1.165, 1.54) is 19.3 Å². The van der Waals surface area contributed by atoms with Gasteiger partial charge < -0.3 is 14.2 Å². The van der Waals surface area contributed by atoms with Crippen molar-refractivity contribution in [2.45, 2.75) is 50.9 Å².